The van der Waals surface area contributed by atoms with Crippen LogP contribution in [0.2, 0.25) is 0 Å². The predicted octanol–water partition coefficient (Wildman–Crippen LogP) is 4.69. The van der Waals surface area contributed by atoms with E-state index in [1.54, 1.807) is 0 Å². The van der Waals surface area contributed by atoms with Crippen LogP contribution < -0.4 is 0 Å². The number of halogens is 9. The van der Waals surface area contributed by atoms with Crippen LogP contribution in [0.3, 0.4) is 0 Å². The summed E-state index contributed by atoms with van der Waals surface area (Å²) in [4.78, 5) is 10.1. The molecule has 0 aromatic rings. The molecule has 126 valence electrons. The Morgan fingerprint density at radius 2 is 1.10 bits per heavy atom. The highest BCUT2D eigenvalue weighted by Gasteiger charge is 2.82. The average molecular weight is 334 g/mol. The van der Waals surface area contributed by atoms with Gasteiger partial charge in [0.1, 0.15) is 0 Å². The van der Waals surface area contributed by atoms with Gasteiger partial charge in [-0.25, -0.2) is 0 Å². The molecule has 11 heteroatoms. The molecule has 0 aromatic heterocycles. The molecule has 0 radical (unpaired) electrons. The molecule has 0 saturated heterocycles. The van der Waals surface area contributed by atoms with Gasteiger partial charge in [-0.3, -0.25) is 4.79 Å². The molecule has 0 bridgehead atoms. The third-order valence-corrected chi connectivity index (χ3v) is 2.89. The van der Waals surface area contributed by atoms with Crippen molar-refractivity contribution in [3.63, 3.8) is 0 Å². The van der Waals surface area contributed by atoms with Crippen molar-refractivity contribution < 1.29 is 49.4 Å². The first-order valence-electron chi connectivity index (χ1n) is 5.59. The molecule has 0 atom stereocenters. The van der Waals surface area contributed by atoms with Crippen molar-refractivity contribution in [2.45, 2.75) is 50.6 Å². The van der Waals surface area contributed by atoms with Crippen LogP contribution in [0.5, 0.6) is 0 Å². The molecule has 0 amide bonds. The van der Waals surface area contributed by atoms with E-state index in [0.717, 1.165) is 0 Å². The smallest absolute Gasteiger partial charge is 0.412 e. The van der Waals surface area contributed by atoms with Gasteiger partial charge in [0.05, 0.1) is 0 Å². The first kappa shape index (κ1) is 19.8. The van der Waals surface area contributed by atoms with Crippen molar-refractivity contribution >= 4 is 5.97 Å². The molecule has 0 aliphatic heterocycles. The number of alkyl halides is 9. The van der Waals surface area contributed by atoms with Crippen LogP contribution in [0.1, 0.15) is 32.1 Å². The third-order valence-electron chi connectivity index (χ3n) is 2.89. The van der Waals surface area contributed by atoms with Gasteiger partial charge in [0.15, 0.2) is 0 Å². The van der Waals surface area contributed by atoms with Crippen molar-refractivity contribution in [1.82, 2.24) is 0 Å². The second kappa shape index (κ2) is 6.30. The van der Waals surface area contributed by atoms with Crippen molar-refractivity contribution in [3.05, 3.63) is 0 Å². The maximum atomic E-state index is 12.5. The molecule has 1 N–H and O–H groups in total. The predicted molar refractivity (Wildman–Crippen MR) is 51.3 cm³/mol. The van der Waals surface area contributed by atoms with E-state index in [-0.39, 0.29) is 6.42 Å². The molecular formula is C10H11F9O2. The Kier molecular flexibility index (Phi) is 5.96. The number of carboxylic acid groups (broad SMARTS) is 1. The van der Waals surface area contributed by atoms with Gasteiger partial charge in [-0.05, 0) is 12.8 Å². The van der Waals surface area contributed by atoms with Crippen LogP contribution in [0.4, 0.5) is 39.5 Å². The van der Waals surface area contributed by atoms with Gasteiger partial charge < -0.3 is 5.11 Å². The Morgan fingerprint density at radius 3 is 1.38 bits per heavy atom. The van der Waals surface area contributed by atoms with Crippen LogP contribution in [0.25, 0.3) is 0 Å². The topological polar surface area (TPSA) is 37.3 Å². The summed E-state index contributed by atoms with van der Waals surface area (Å²) >= 11 is 0. The minimum absolute atomic E-state index is 0.307. The summed E-state index contributed by atoms with van der Waals surface area (Å²) in [7, 11) is 0. The Labute approximate surface area is 112 Å². The monoisotopic (exact) mass is 334 g/mol. The molecule has 2 nitrogen and oxygen atoms in total. The van der Waals surface area contributed by atoms with Crippen LogP contribution in [-0.2, 0) is 4.79 Å². The molecule has 0 spiro atoms. The van der Waals surface area contributed by atoms with Gasteiger partial charge >= 0.3 is 24.5 Å². The van der Waals surface area contributed by atoms with Crippen molar-refractivity contribution in [2.24, 2.45) is 5.41 Å². The summed E-state index contributed by atoms with van der Waals surface area (Å²) in [6, 6.07) is 0. The quantitative estimate of drug-likeness (QED) is 0.565. The third kappa shape index (κ3) is 4.40. The standard InChI is InChI=1S/C10H11F9O2/c11-8(12,13)7(9(14,15)16,10(17,18)19)5-3-1-2-4-6(20)21/h1-5H2,(H,20,21). The second-order valence-electron chi connectivity index (χ2n) is 4.35. The van der Waals surface area contributed by atoms with E-state index in [1.807, 2.05) is 0 Å². The zero-order chi connectivity index (χ0) is 17.1. The lowest BCUT2D eigenvalue weighted by molar-refractivity contribution is -0.429. The molecular weight excluding hydrogens is 323 g/mol. The maximum absolute atomic E-state index is 12.5. The van der Waals surface area contributed by atoms with E-state index < -0.39 is 55.6 Å². The zero-order valence-corrected chi connectivity index (χ0v) is 10.3. The number of aliphatic carboxylic acids is 1. The number of hydrogen-bond acceptors (Lipinski definition) is 1. The van der Waals surface area contributed by atoms with Gasteiger partial charge in [0, 0.05) is 6.42 Å². The lowest BCUT2D eigenvalue weighted by Gasteiger charge is -2.38. The Hall–Kier alpha value is -1.16. The number of hydrogen-bond donors (Lipinski definition) is 1. The first-order chi connectivity index (χ1) is 9.17. The normalized spacial score (nSPS) is 14.3. The van der Waals surface area contributed by atoms with Gasteiger partial charge in [-0.2, -0.15) is 39.5 Å². The Bertz CT molecular complexity index is 317. The van der Waals surface area contributed by atoms with Gasteiger partial charge in [-0.15, -0.1) is 0 Å². The van der Waals surface area contributed by atoms with E-state index in [1.165, 1.54) is 0 Å². The molecule has 0 saturated carbocycles. The largest absolute Gasteiger partial charge is 0.481 e. The van der Waals surface area contributed by atoms with Crippen LogP contribution >= 0.6 is 0 Å². The Balaban J connectivity index is 5.20. The highest BCUT2D eigenvalue weighted by Crippen LogP contribution is 2.61. The van der Waals surface area contributed by atoms with Gasteiger partial charge in [0.2, 0.25) is 0 Å². The van der Waals surface area contributed by atoms with E-state index in [9.17, 15) is 44.3 Å². The summed E-state index contributed by atoms with van der Waals surface area (Å²) in [6.45, 7) is 0. The average Bonchev–Trinajstić information content (AvgIpc) is 2.16. The molecule has 0 unspecified atom stereocenters. The van der Waals surface area contributed by atoms with E-state index in [4.69, 9.17) is 5.11 Å². The summed E-state index contributed by atoms with van der Waals surface area (Å²) in [5.41, 5.74) is -5.80. The minimum atomic E-state index is -6.55. The van der Waals surface area contributed by atoms with Crippen molar-refractivity contribution in [2.75, 3.05) is 0 Å². The second-order valence-corrected chi connectivity index (χ2v) is 4.35. The molecule has 21 heavy (non-hydrogen) atoms. The summed E-state index contributed by atoms with van der Waals surface area (Å²) in [5, 5.41) is 8.22. The summed E-state index contributed by atoms with van der Waals surface area (Å²) in [6.07, 6.45) is -24.2. The SMILES string of the molecule is O=C(O)CCCCCC(C(F)(F)F)(C(F)(F)F)C(F)(F)F. The fourth-order valence-electron chi connectivity index (χ4n) is 1.75. The van der Waals surface area contributed by atoms with Gasteiger partial charge in [-0.1, -0.05) is 12.8 Å². The minimum Gasteiger partial charge on any atom is -0.481 e. The Morgan fingerprint density at radius 1 is 0.714 bits per heavy atom. The number of carbonyl (C=O) groups is 1. The van der Waals surface area contributed by atoms with Crippen molar-refractivity contribution in [3.8, 4) is 0 Å². The van der Waals surface area contributed by atoms with Crippen LogP contribution in [0, 0.1) is 5.41 Å². The van der Waals surface area contributed by atoms with Gasteiger partial charge in [0.25, 0.3) is 5.41 Å². The van der Waals surface area contributed by atoms with Crippen LogP contribution in [0.15, 0.2) is 0 Å². The fourth-order valence-corrected chi connectivity index (χ4v) is 1.75. The highest BCUT2D eigenvalue weighted by molar-refractivity contribution is 5.66. The van der Waals surface area contributed by atoms with E-state index in [2.05, 4.69) is 0 Å². The molecule has 0 aromatic carbocycles. The van der Waals surface area contributed by atoms with E-state index >= 15 is 0 Å². The molecule has 0 heterocycles. The molecule has 0 rings (SSSR count). The fraction of sp³-hybridized carbons (Fsp3) is 0.900. The number of rotatable bonds is 6. The molecule has 0 aliphatic carbocycles. The number of carboxylic acids is 1. The van der Waals surface area contributed by atoms with E-state index in [0.29, 0.717) is 0 Å². The highest BCUT2D eigenvalue weighted by atomic mass is 19.4. The maximum Gasteiger partial charge on any atom is 0.412 e. The lowest BCUT2D eigenvalue weighted by Crippen LogP contribution is -2.59. The number of unbranched alkanes of at least 4 members (excludes halogenated alkanes) is 2. The van der Waals surface area contributed by atoms with Crippen LogP contribution in [-0.4, -0.2) is 29.6 Å². The molecule has 0 fully saturated rings. The zero-order valence-electron chi connectivity index (χ0n) is 10.3. The summed E-state index contributed by atoms with van der Waals surface area (Å²) < 4.78 is 112. The lowest BCUT2D eigenvalue weighted by atomic mass is 9.80. The first-order valence-corrected chi connectivity index (χ1v) is 5.59. The summed E-state index contributed by atoms with van der Waals surface area (Å²) in [5.74, 6) is -1.34. The van der Waals surface area contributed by atoms with Crippen molar-refractivity contribution in [1.29, 1.82) is 0 Å². The molecule has 0 aliphatic rings.